The second-order valence-corrected chi connectivity index (χ2v) is 4.09. The van der Waals surface area contributed by atoms with E-state index in [1.807, 2.05) is 38.1 Å². The van der Waals surface area contributed by atoms with E-state index in [0.29, 0.717) is 0 Å². The Morgan fingerprint density at radius 3 is 2.81 bits per heavy atom. The summed E-state index contributed by atoms with van der Waals surface area (Å²) in [6.45, 7) is 3.97. The van der Waals surface area contributed by atoms with Gasteiger partial charge in [0.05, 0.1) is 5.52 Å². The van der Waals surface area contributed by atoms with Crippen molar-refractivity contribution < 1.29 is 0 Å². The summed E-state index contributed by atoms with van der Waals surface area (Å²) in [6, 6.07) is 10.3. The van der Waals surface area contributed by atoms with Gasteiger partial charge in [0.15, 0.2) is 0 Å². The maximum atomic E-state index is 5.72. The third-order valence-electron chi connectivity index (χ3n) is 2.46. The van der Waals surface area contributed by atoms with Gasteiger partial charge in [0, 0.05) is 17.1 Å². The summed E-state index contributed by atoms with van der Waals surface area (Å²) in [7, 11) is 0. The predicted molar refractivity (Wildman–Crippen MR) is 69.2 cm³/mol. The molecular weight excluding hydrogens is 196 g/mol. The van der Waals surface area contributed by atoms with Crippen molar-refractivity contribution in [2.75, 3.05) is 0 Å². The van der Waals surface area contributed by atoms with Crippen LogP contribution in [0.25, 0.3) is 17.0 Å². The maximum Gasteiger partial charge on any atom is 0.0711 e. The van der Waals surface area contributed by atoms with Crippen molar-refractivity contribution in [1.29, 1.82) is 0 Å². The van der Waals surface area contributed by atoms with Crippen LogP contribution in [0.3, 0.4) is 0 Å². The van der Waals surface area contributed by atoms with Gasteiger partial charge in [-0.25, -0.2) is 0 Å². The SMILES string of the molecule is Cc1cc(/C=C/C(C)N)c2ccccc2n1. The number of benzene rings is 1. The minimum Gasteiger partial charge on any atom is -0.325 e. The molecular formula is C14H16N2. The van der Waals surface area contributed by atoms with E-state index in [1.54, 1.807) is 0 Å². The topological polar surface area (TPSA) is 38.9 Å². The van der Waals surface area contributed by atoms with E-state index in [9.17, 15) is 0 Å². The summed E-state index contributed by atoms with van der Waals surface area (Å²) >= 11 is 0. The number of aryl methyl sites for hydroxylation is 1. The van der Waals surface area contributed by atoms with Crippen LogP contribution in [0.1, 0.15) is 18.2 Å². The highest BCUT2D eigenvalue weighted by molar-refractivity contribution is 5.87. The average Bonchev–Trinajstić information content (AvgIpc) is 2.25. The van der Waals surface area contributed by atoms with Crippen molar-refractivity contribution in [2.45, 2.75) is 19.9 Å². The van der Waals surface area contributed by atoms with Gasteiger partial charge in [-0.1, -0.05) is 30.4 Å². The van der Waals surface area contributed by atoms with Crippen LogP contribution in [0.5, 0.6) is 0 Å². The molecule has 1 aromatic carbocycles. The Labute approximate surface area is 95.8 Å². The zero-order valence-corrected chi connectivity index (χ0v) is 9.64. The number of aromatic nitrogens is 1. The average molecular weight is 212 g/mol. The molecule has 0 aliphatic heterocycles. The summed E-state index contributed by atoms with van der Waals surface area (Å²) in [5, 5.41) is 1.17. The summed E-state index contributed by atoms with van der Waals surface area (Å²) in [6.07, 6.45) is 4.07. The van der Waals surface area contributed by atoms with E-state index in [1.165, 1.54) is 10.9 Å². The fourth-order valence-electron chi connectivity index (χ4n) is 1.73. The summed E-state index contributed by atoms with van der Waals surface area (Å²) in [5.41, 5.74) is 8.97. The van der Waals surface area contributed by atoms with E-state index in [4.69, 9.17) is 5.73 Å². The van der Waals surface area contributed by atoms with Crippen molar-refractivity contribution in [2.24, 2.45) is 5.73 Å². The molecule has 0 spiro atoms. The van der Waals surface area contributed by atoms with E-state index >= 15 is 0 Å². The number of fused-ring (bicyclic) bond motifs is 1. The second-order valence-electron chi connectivity index (χ2n) is 4.09. The van der Waals surface area contributed by atoms with Gasteiger partial charge >= 0.3 is 0 Å². The number of pyridine rings is 1. The molecule has 1 unspecified atom stereocenters. The molecule has 0 fully saturated rings. The molecule has 82 valence electrons. The first-order valence-electron chi connectivity index (χ1n) is 5.47. The lowest BCUT2D eigenvalue weighted by Crippen LogP contribution is -2.09. The zero-order valence-electron chi connectivity index (χ0n) is 9.64. The van der Waals surface area contributed by atoms with Gasteiger partial charge in [0.2, 0.25) is 0 Å². The van der Waals surface area contributed by atoms with Gasteiger partial charge in [-0.05, 0) is 31.5 Å². The van der Waals surface area contributed by atoms with Gasteiger partial charge in [0.25, 0.3) is 0 Å². The van der Waals surface area contributed by atoms with Crippen molar-refractivity contribution >= 4 is 17.0 Å². The quantitative estimate of drug-likeness (QED) is 0.831. The van der Waals surface area contributed by atoms with E-state index in [0.717, 1.165) is 11.2 Å². The number of hydrogen-bond acceptors (Lipinski definition) is 2. The molecule has 2 heteroatoms. The third-order valence-corrected chi connectivity index (χ3v) is 2.46. The molecule has 0 radical (unpaired) electrons. The zero-order chi connectivity index (χ0) is 11.5. The molecule has 2 aromatic rings. The lowest BCUT2D eigenvalue weighted by atomic mass is 10.1. The molecule has 1 aromatic heterocycles. The van der Waals surface area contributed by atoms with Crippen LogP contribution >= 0.6 is 0 Å². The Morgan fingerprint density at radius 1 is 1.31 bits per heavy atom. The smallest absolute Gasteiger partial charge is 0.0711 e. The first kappa shape index (κ1) is 10.8. The summed E-state index contributed by atoms with van der Waals surface area (Å²) in [4.78, 5) is 4.50. The highest BCUT2D eigenvalue weighted by Crippen LogP contribution is 2.19. The first-order valence-corrected chi connectivity index (χ1v) is 5.47. The number of hydrogen-bond donors (Lipinski definition) is 1. The van der Waals surface area contributed by atoms with Gasteiger partial charge in [-0.2, -0.15) is 0 Å². The Morgan fingerprint density at radius 2 is 2.06 bits per heavy atom. The molecule has 0 saturated carbocycles. The Hall–Kier alpha value is -1.67. The van der Waals surface area contributed by atoms with Crippen molar-refractivity contribution in [3.8, 4) is 0 Å². The van der Waals surface area contributed by atoms with E-state index < -0.39 is 0 Å². The molecule has 0 bridgehead atoms. The van der Waals surface area contributed by atoms with Crippen LogP contribution in [0.2, 0.25) is 0 Å². The standard InChI is InChI=1S/C14H16N2/c1-10(15)7-8-12-9-11(2)16-14-6-4-3-5-13(12)14/h3-10H,15H2,1-2H3/b8-7+. The Balaban J connectivity index is 2.59. The number of nitrogens with zero attached hydrogens (tertiary/aromatic N) is 1. The number of nitrogens with two attached hydrogens (primary N) is 1. The van der Waals surface area contributed by atoms with Crippen LogP contribution in [-0.4, -0.2) is 11.0 Å². The lowest BCUT2D eigenvalue weighted by molar-refractivity contribution is 0.931. The molecule has 0 saturated heterocycles. The number of para-hydroxylation sites is 1. The summed E-state index contributed by atoms with van der Waals surface area (Å²) in [5.74, 6) is 0. The second kappa shape index (κ2) is 4.45. The number of rotatable bonds is 2. The Kier molecular flexibility index (Phi) is 3.02. The van der Waals surface area contributed by atoms with Gasteiger partial charge < -0.3 is 5.73 Å². The van der Waals surface area contributed by atoms with Crippen molar-refractivity contribution in [3.63, 3.8) is 0 Å². The van der Waals surface area contributed by atoms with Crippen molar-refractivity contribution in [3.05, 3.63) is 47.7 Å². The Bertz CT molecular complexity index is 527. The molecule has 1 heterocycles. The van der Waals surface area contributed by atoms with Crippen LogP contribution in [-0.2, 0) is 0 Å². The van der Waals surface area contributed by atoms with Crippen molar-refractivity contribution in [1.82, 2.24) is 4.98 Å². The monoisotopic (exact) mass is 212 g/mol. The first-order chi connectivity index (χ1) is 7.66. The maximum absolute atomic E-state index is 5.72. The molecule has 2 rings (SSSR count). The van der Waals surface area contributed by atoms with Crippen LogP contribution in [0.15, 0.2) is 36.4 Å². The lowest BCUT2D eigenvalue weighted by Gasteiger charge is -2.04. The van der Waals surface area contributed by atoms with Gasteiger partial charge in [0.1, 0.15) is 0 Å². The predicted octanol–water partition coefficient (Wildman–Crippen LogP) is 2.90. The molecule has 16 heavy (non-hydrogen) atoms. The normalized spacial score (nSPS) is 13.4. The van der Waals surface area contributed by atoms with Crippen LogP contribution < -0.4 is 5.73 Å². The molecule has 0 amide bonds. The molecule has 1 atom stereocenters. The minimum atomic E-state index is 0.0761. The highest BCUT2D eigenvalue weighted by Gasteiger charge is 2.00. The highest BCUT2D eigenvalue weighted by atomic mass is 14.7. The fraction of sp³-hybridized carbons (Fsp3) is 0.214. The molecule has 2 nitrogen and oxygen atoms in total. The summed E-state index contributed by atoms with van der Waals surface area (Å²) < 4.78 is 0. The molecule has 0 aliphatic rings. The largest absolute Gasteiger partial charge is 0.325 e. The minimum absolute atomic E-state index is 0.0761. The van der Waals surface area contributed by atoms with Gasteiger partial charge in [-0.3, -0.25) is 4.98 Å². The van der Waals surface area contributed by atoms with E-state index in [2.05, 4.69) is 23.2 Å². The molecule has 2 N–H and O–H groups in total. The van der Waals surface area contributed by atoms with Crippen LogP contribution in [0, 0.1) is 6.92 Å². The van der Waals surface area contributed by atoms with Crippen LogP contribution in [0.4, 0.5) is 0 Å². The molecule has 0 aliphatic carbocycles. The van der Waals surface area contributed by atoms with Gasteiger partial charge in [-0.15, -0.1) is 0 Å². The van der Waals surface area contributed by atoms with E-state index in [-0.39, 0.29) is 6.04 Å². The third kappa shape index (κ3) is 2.28. The fourth-order valence-corrected chi connectivity index (χ4v) is 1.73.